The van der Waals surface area contributed by atoms with E-state index < -0.39 is 0 Å². The second kappa shape index (κ2) is 10.2. The van der Waals surface area contributed by atoms with Gasteiger partial charge in [0.25, 0.3) is 0 Å². The van der Waals surface area contributed by atoms with Gasteiger partial charge in [-0.15, -0.1) is 0 Å². The molecule has 2 aliphatic rings. The maximum atomic E-state index is 12.7. The monoisotopic (exact) mass is 520 g/mol. The second-order valence-electron chi connectivity index (χ2n) is 10.1. The molecule has 2 aliphatic heterocycles. The van der Waals surface area contributed by atoms with Crippen LogP contribution in [0.4, 0.5) is 21.8 Å². The number of nitrogens with zero attached hydrogens (tertiary/aromatic N) is 9. The zero-order valence-electron chi connectivity index (χ0n) is 22.0. The highest BCUT2D eigenvalue weighted by Crippen LogP contribution is 2.34. The number of nitrogens with one attached hydrogen (secondary N) is 1. The summed E-state index contributed by atoms with van der Waals surface area (Å²) in [6.45, 7) is 4.90. The maximum absolute atomic E-state index is 12.7. The van der Waals surface area contributed by atoms with Gasteiger partial charge in [-0.05, 0) is 32.9 Å². The molecule has 0 saturated carbocycles. The minimum absolute atomic E-state index is 0.0841. The van der Waals surface area contributed by atoms with E-state index in [0.717, 1.165) is 54.8 Å². The van der Waals surface area contributed by atoms with E-state index in [0.29, 0.717) is 42.4 Å². The van der Waals surface area contributed by atoms with Crippen molar-refractivity contribution in [3.8, 4) is 17.3 Å². The van der Waals surface area contributed by atoms with E-state index in [9.17, 15) is 4.39 Å². The molecule has 12 heteroatoms. The number of likely N-dealkylation sites (N-methyl/N-ethyl adjacent to an activating group) is 1. The Bertz CT molecular complexity index is 1430. The summed E-state index contributed by atoms with van der Waals surface area (Å²) in [5.41, 5.74) is 1.75. The lowest BCUT2D eigenvalue weighted by Gasteiger charge is -2.24. The number of alkyl halides is 1. The van der Waals surface area contributed by atoms with Crippen LogP contribution in [-0.4, -0.2) is 85.4 Å². The second-order valence-corrected chi connectivity index (χ2v) is 10.1. The lowest BCUT2D eigenvalue weighted by atomic mass is 10.2. The number of hydrogen-bond donors (Lipinski definition) is 1. The van der Waals surface area contributed by atoms with Crippen molar-refractivity contribution in [3.63, 3.8) is 0 Å². The Morgan fingerprint density at radius 2 is 2.11 bits per heavy atom. The van der Waals surface area contributed by atoms with Crippen LogP contribution in [0.25, 0.3) is 22.3 Å². The minimum Gasteiger partial charge on any atom is -0.477 e. The van der Waals surface area contributed by atoms with E-state index >= 15 is 0 Å². The van der Waals surface area contributed by atoms with Crippen LogP contribution in [0.1, 0.15) is 32.2 Å². The van der Waals surface area contributed by atoms with Crippen molar-refractivity contribution in [2.24, 2.45) is 7.05 Å². The number of rotatable bonds is 5. The fourth-order valence-corrected chi connectivity index (χ4v) is 5.33. The molecule has 1 fully saturated rings. The predicted molar refractivity (Wildman–Crippen MR) is 144 cm³/mol. The molecule has 4 bridgehead atoms. The highest BCUT2D eigenvalue weighted by molar-refractivity contribution is 5.92. The van der Waals surface area contributed by atoms with Crippen molar-refractivity contribution in [1.29, 1.82) is 0 Å². The van der Waals surface area contributed by atoms with Gasteiger partial charge in [0.1, 0.15) is 17.2 Å². The average Bonchev–Trinajstić information content (AvgIpc) is 3.64. The van der Waals surface area contributed by atoms with Crippen LogP contribution in [0.5, 0.6) is 5.88 Å². The molecule has 200 valence electrons. The summed E-state index contributed by atoms with van der Waals surface area (Å²) in [6.07, 6.45) is 7.68. The summed E-state index contributed by atoms with van der Waals surface area (Å²) in [7, 11) is 3.94. The standard InChI is InChI=1S/C26H33FN10O/c1-17-7-12-38-26-20(15-30-35(26)3)24-28-9-5-22(32-24)31-23-13-21-19(14-29-23)25(33-37(17)21)36-11-6-18(16-36)34(2)10-4-8-27/h5,9,13-15,17-18H,4,6-8,10-12,16H2,1-3H3,(H,28,29,31,32)/t17-,18-/m0/s1. The van der Waals surface area contributed by atoms with Crippen molar-refractivity contribution in [2.75, 3.05) is 50.2 Å². The van der Waals surface area contributed by atoms with Crippen molar-refractivity contribution >= 4 is 28.4 Å². The first-order valence-electron chi connectivity index (χ1n) is 13.2. The van der Waals surface area contributed by atoms with E-state index in [4.69, 9.17) is 14.8 Å². The SMILES string of the molecule is C[C@H]1CCOc2c(cnn2C)-c2nccc(n2)Nc2cc3c(cn2)c(N2CC[C@H](N(C)CCCF)C2)nn31. The van der Waals surface area contributed by atoms with E-state index in [1.807, 2.05) is 25.4 Å². The molecule has 11 nitrogen and oxygen atoms in total. The number of aromatic nitrogens is 7. The molecular formula is C26H33FN10O. The third-order valence-corrected chi connectivity index (χ3v) is 7.53. The van der Waals surface area contributed by atoms with E-state index in [2.05, 4.69) is 48.8 Å². The van der Waals surface area contributed by atoms with Crippen molar-refractivity contribution in [2.45, 2.75) is 38.3 Å². The van der Waals surface area contributed by atoms with Crippen LogP contribution in [0.3, 0.4) is 0 Å². The summed E-state index contributed by atoms with van der Waals surface area (Å²) in [5.74, 6) is 3.43. The summed E-state index contributed by atoms with van der Waals surface area (Å²) in [6, 6.07) is 4.31. The molecule has 6 rings (SSSR count). The number of aryl methyl sites for hydroxylation is 1. The molecule has 0 aromatic carbocycles. The Morgan fingerprint density at radius 1 is 1.21 bits per heavy atom. The van der Waals surface area contributed by atoms with Crippen molar-refractivity contribution in [3.05, 3.63) is 30.7 Å². The smallest absolute Gasteiger partial charge is 0.222 e. The van der Waals surface area contributed by atoms with Gasteiger partial charge in [-0.3, -0.25) is 9.07 Å². The highest BCUT2D eigenvalue weighted by Gasteiger charge is 2.29. The minimum atomic E-state index is -0.280. The number of halogens is 1. The van der Waals surface area contributed by atoms with Crippen molar-refractivity contribution in [1.82, 2.24) is 39.4 Å². The lowest BCUT2D eigenvalue weighted by Crippen LogP contribution is -2.35. The van der Waals surface area contributed by atoms with Gasteiger partial charge in [0.15, 0.2) is 11.6 Å². The Labute approximate surface area is 220 Å². The third kappa shape index (κ3) is 4.53. The van der Waals surface area contributed by atoms with Gasteiger partial charge in [0.05, 0.1) is 36.4 Å². The number of fused-ring (bicyclic) bond motifs is 5. The lowest BCUT2D eigenvalue weighted by molar-refractivity contribution is 0.245. The molecule has 0 unspecified atom stereocenters. The zero-order chi connectivity index (χ0) is 26.2. The van der Waals surface area contributed by atoms with Gasteiger partial charge in [-0.1, -0.05) is 0 Å². The first-order chi connectivity index (χ1) is 18.5. The molecule has 2 atom stereocenters. The van der Waals surface area contributed by atoms with Gasteiger partial charge in [0, 0.05) is 57.6 Å². The third-order valence-electron chi connectivity index (χ3n) is 7.53. The first kappa shape index (κ1) is 24.5. The van der Waals surface area contributed by atoms with Crippen LogP contribution >= 0.6 is 0 Å². The Balaban J connectivity index is 1.36. The van der Waals surface area contributed by atoms with Gasteiger partial charge >= 0.3 is 0 Å². The molecule has 38 heavy (non-hydrogen) atoms. The van der Waals surface area contributed by atoms with E-state index in [1.165, 1.54) is 0 Å². The highest BCUT2D eigenvalue weighted by atomic mass is 19.1. The van der Waals surface area contributed by atoms with Crippen molar-refractivity contribution < 1.29 is 9.13 Å². The molecule has 0 spiro atoms. The molecule has 0 aliphatic carbocycles. The quantitative estimate of drug-likeness (QED) is 0.423. The summed E-state index contributed by atoms with van der Waals surface area (Å²) in [4.78, 5) is 18.5. The van der Waals surface area contributed by atoms with Gasteiger partial charge in [-0.25, -0.2) is 19.6 Å². The molecule has 4 aromatic heterocycles. The topological polar surface area (TPSA) is 102 Å². The van der Waals surface area contributed by atoms with E-state index in [1.54, 1.807) is 17.1 Å². The summed E-state index contributed by atoms with van der Waals surface area (Å²) in [5, 5.41) is 13.8. The van der Waals surface area contributed by atoms with Gasteiger partial charge in [0.2, 0.25) is 5.88 Å². The van der Waals surface area contributed by atoms with Crippen LogP contribution in [0.2, 0.25) is 0 Å². The molecular weight excluding hydrogens is 487 g/mol. The summed E-state index contributed by atoms with van der Waals surface area (Å²) < 4.78 is 22.7. The largest absolute Gasteiger partial charge is 0.477 e. The zero-order valence-corrected chi connectivity index (χ0v) is 22.0. The fourth-order valence-electron chi connectivity index (χ4n) is 5.33. The van der Waals surface area contributed by atoms with Crippen LogP contribution in [0.15, 0.2) is 30.7 Å². The Kier molecular flexibility index (Phi) is 6.56. The Morgan fingerprint density at radius 3 is 2.97 bits per heavy atom. The van der Waals surface area contributed by atoms with Crippen LogP contribution in [0, 0.1) is 0 Å². The normalized spacial score (nSPS) is 19.4. The van der Waals surface area contributed by atoms with Crippen LogP contribution < -0.4 is 15.0 Å². The first-order valence-corrected chi connectivity index (χ1v) is 13.2. The average molecular weight is 521 g/mol. The number of ether oxygens (including phenoxy) is 1. The van der Waals surface area contributed by atoms with Gasteiger partial charge < -0.3 is 19.9 Å². The van der Waals surface area contributed by atoms with E-state index in [-0.39, 0.29) is 12.7 Å². The summed E-state index contributed by atoms with van der Waals surface area (Å²) >= 11 is 0. The van der Waals surface area contributed by atoms with Gasteiger partial charge in [-0.2, -0.15) is 10.2 Å². The number of anilines is 3. The molecule has 1 N–H and O–H groups in total. The molecule has 0 amide bonds. The maximum Gasteiger partial charge on any atom is 0.222 e. The molecule has 0 radical (unpaired) electrons. The molecule has 1 saturated heterocycles. The van der Waals surface area contributed by atoms with Crippen LogP contribution in [-0.2, 0) is 7.05 Å². The Hall–Kier alpha value is -3.80. The molecule has 4 aromatic rings. The predicted octanol–water partition coefficient (Wildman–Crippen LogP) is 3.58. The number of pyridine rings is 1. The number of hydrogen-bond acceptors (Lipinski definition) is 9. The molecule has 6 heterocycles. The fraction of sp³-hybridized carbons (Fsp3) is 0.500.